The van der Waals surface area contributed by atoms with Crippen molar-refractivity contribution < 1.29 is 19.7 Å². The summed E-state index contributed by atoms with van der Waals surface area (Å²) in [6, 6.07) is 0. The molecule has 0 aliphatic carbocycles. The van der Waals surface area contributed by atoms with E-state index in [1.54, 1.807) is 0 Å². The van der Waals surface area contributed by atoms with E-state index in [0.717, 1.165) is 0 Å². The second-order valence-electron chi connectivity index (χ2n) is 3.02. The van der Waals surface area contributed by atoms with Crippen LogP contribution in [0.1, 0.15) is 0 Å². The minimum atomic E-state index is -0.854. The molecule has 2 radical (unpaired) electrons. The average molecular weight is 156 g/mol. The van der Waals surface area contributed by atoms with E-state index in [4.69, 9.17) is 22.4 Å². The monoisotopic (exact) mass is 156 g/mol. The van der Waals surface area contributed by atoms with E-state index in [9.17, 15) is 5.11 Å². The molecule has 0 spiro atoms. The van der Waals surface area contributed by atoms with E-state index in [1.807, 2.05) is 0 Å². The summed E-state index contributed by atoms with van der Waals surface area (Å²) in [6.45, 7) is 0.0746. The third-order valence-electron chi connectivity index (χ3n) is 2.21. The van der Waals surface area contributed by atoms with Gasteiger partial charge in [-0.1, -0.05) is 0 Å². The SMILES string of the molecule is [B][C@@]12COC1C(O)[C@@H](CO)O2. The van der Waals surface area contributed by atoms with Gasteiger partial charge in [0, 0.05) is 0 Å². The summed E-state index contributed by atoms with van der Waals surface area (Å²) in [5, 5.41) is 18.1. The van der Waals surface area contributed by atoms with Crippen molar-refractivity contribution in [3.63, 3.8) is 0 Å². The quantitative estimate of drug-likeness (QED) is 0.431. The van der Waals surface area contributed by atoms with E-state index in [-0.39, 0.29) is 6.61 Å². The Labute approximate surface area is 65.5 Å². The van der Waals surface area contributed by atoms with E-state index in [1.165, 1.54) is 0 Å². The maximum atomic E-state index is 9.35. The summed E-state index contributed by atoms with van der Waals surface area (Å²) in [7, 11) is 5.65. The van der Waals surface area contributed by atoms with Gasteiger partial charge in [0.25, 0.3) is 0 Å². The van der Waals surface area contributed by atoms with Gasteiger partial charge in [-0.3, -0.25) is 0 Å². The zero-order valence-electron chi connectivity index (χ0n) is 5.93. The lowest BCUT2D eigenvalue weighted by Gasteiger charge is -2.41. The van der Waals surface area contributed by atoms with Gasteiger partial charge < -0.3 is 19.7 Å². The van der Waals surface area contributed by atoms with E-state index in [0.29, 0.717) is 6.61 Å². The van der Waals surface area contributed by atoms with Gasteiger partial charge in [0.15, 0.2) is 0 Å². The second kappa shape index (κ2) is 2.20. The van der Waals surface area contributed by atoms with Gasteiger partial charge in [-0.2, -0.15) is 0 Å². The first-order valence-corrected chi connectivity index (χ1v) is 3.54. The van der Waals surface area contributed by atoms with Gasteiger partial charge in [-0.15, -0.1) is 0 Å². The Kier molecular flexibility index (Phi) is 1.51. The Bertz CT molecular complexity index is 176. The lowest BCUT2D eigenvalue weighted by molar-refractivity contribution is -0.182. The molecule has 2 fully saturated rings. The maximum Gasteiger partial charge on any atom is 0.120 e. The summed E-state index contributed by atoms with van der Waals surface area (Å²) >= 11 is 0. The zero-order valence-corrected chi connectivity index (χ0v) is 5.93. The molecule has 2 unspecified atom stereocenters. The standard InChI is InChI=1S/C6H9BO4/c7-6-2-10-5(6)4(9)3(1-8)11-6/h3-5,8-9H,1-2H2/t3-,4?,5?,6-/m1/s1. The molecular weight excluding hydrogens is 147 g/mol. The van der Waals surface area contributed by atoms with Gasteiger partial charge in [0.2, 0.25) is 0 Å². The van der Waals surface area contributed by atoms with Gasteiger partial charge in [0.1, 0.15) is 26.2 Å². The van der Waals surface area contributed by atoms with Crippen LogP contribution in [0.4, 0.5) is 0 Å². The molecule has 0 aromatic heterocycles. The molecule has 4 atom stereocenters. The molecule has 0 amide bonds. The number of hydrogen-bond donors (Lipinski definition) is 2. The molecule has 0 bridgehead atoms. The molecule has 2 heterocycles. The van der Waals surface area contributed by atoms with Crippen LogP contribution in [0.2, 0.25) is 0 Å². The largest absolute Gasteiger partial charge is 0.394 e. The van der Waals surface area contributed by atoms with Crippen molar-refractivity contribution in [2.24, 2.45) is 0 Å². The highest BCUT2D eigenvalue weighted by molar-refractivity contribution is 6.16. The normalized spacial score (nSPS) is 55.3. The highest BCUT2D eigenvalue weighted by Gasteiger charge is 2.58. The van der Waals surface area contributed by atoms with Gasteiger partial charge in [0.05, 0.1) is 18.7 Å². The smallest absolute Gasteiger partial charge is 0.120 e. The van der Waals surface area contributed by atoms with Crippen LogP contribution in [0.15, 0.2) is 0 Å². The number of aliphatic hydroxyl groups is 2. The fourth-order valence-electron chi connectivity index (χ4n) is 1.52. The highest BCUT2D eigenvalue weighted by Crippen LogP contribution is 2.38. The van der Waals surface area contributed by atoms with Crippen LogP contribution in [0.5, 0.6) is 0 Å². The van der Waals surface area contributed by atoms with Crippen molar-refractivity contribution >= 4 is 7.85 Å². The zero-order chi connectivity index (χ0) is 8.06. The van der Waals surface area contributed by atoms with Crippen molar-refractivity contribution in [1.82, 2.24) is 0 Å². The molecular formula is C6H9BO4. The van der Waals surface area contributed by atoms with Crippen LogP contribution in [0.25, 0.3) is 0 Å². The molecule has 2 saturated heterocycles. The Hall–Kier alpha value is -0.0951. The van der Waals surface area contributed by atoms with E-state index >= 15 is 0 Å². The van der Waals surface area contributed by atoms with Crippen LogP contribution < -0.4 is 0 Å². The maximum absolute atomic E-state index is 9.35. The van der Waals surface area contributed by atoms with Crippen molar-refractivity contribution in [3.8, 4) is 0 Å². The lowest BCUT2D eigenvalue weighted by atomic mass is 9.73. The fraction of sp³-hybridized carbons (Fsp3) is 1.00. The minimum absolute atomic E-state index is 0.222. The Morgan fingerprint density at radius 2 is 2.36 bits per heavy atom. The number of fused-ring (bicyclic) bond motifs is 1. The molecule has 60 valence electrons. The van der Waals surface area contributed by atoms with Crippen molar-refractivity contribution in [3.05, 3.63) is 0 Å². The number of hydrogen-bond acceptors (Lipinski definition) is 4. The second-order valence-corrected chi connectivity index (χ2v) is 3.02. The third kappa shape index (κ3) is 0.855. The van der Waals surface area contributed by atoms with Crippen LogP contribution >= 0.6 is 0 Å². The summed E-state index contributed by atoms with van der Waals surface area (Å²) in [4.78, 5) is 0. The van der Waals surface area contributed by atoms with Crippen molar-refractivity contribution in [1.29, 1.82) is 0 Å². The van der Waals surface area contributed by atoms with Gasteiger partial charge in [-0.05, 0) is 0 Å². The molecule has 0 aromatic carbocycles. The molecule has 11 heavy (non-hydrogen) atoms. The fourth-order valence-corrected chi connectivity index (χ4v) is 1.52. The summed E-state index contributed by atoms with van der Waals surface area (Å²) in [5.74, 6) is 0. The Morgan fingerprint density at radius 1 is 1.64 bits per heavy atom. The van der Waals surface area contributed by atoms with E-state index in [2.05, 4.69) is 0 Å². The van der Waals surface area contributed by atoms with Crippen molar-refractivity contribution in [2.45, 2.75) is 23.8 Å². The first kappa shape index (κ1) is 7.55. The van der Waals surface area contributed by atoms with Crippen LogP contribution in [0.3, 0.4) is 0 Å². The molecule has 0 aromatic rings. The summed E-state index contributed by atoms with van der Waals surface area (Å²) in [6.07, 6.45) is -1.84. The van der Waals surface area contributed by atoms with Crippen LogP contribution in [0, 0.1) is 0 Å². The molecule has 2 rings (SSSR count). The third-order valence-corrected chi connectivity index (χ3v) is 2.21. The minimum Gasteiger partial charge on any atom is -0.394 e. The first-order chi connectivity index (χ1) is 5.17. The number of aliphatic hydroxyl groups excluding tert-OH is 2. The number of rotatable bonds is 1. The van der Waals surface area contributed by atoms with Crippen LogP contribution in [-0.4, -0.2) is 55.1 Å². The highest BCUT2D eigenvalue weighted by atomic mass is 16.6. The lowest BCUT2D eigenvalue weighted by Crippen LogP contribution is -2.59. The molecule has 4 nitrogen and oxygen atoms in total. The van der Waals surface area contributed by atoms with Gasteiger partial charge >= 0.3 is 0 Å². The van der Waals surface area contributed by atoms with Crippen LogP contribution in [-0.2, 0) is 9.47 Å². The predicted octanol–water partition coefficient (Wildman–Crippen LogP) is -2.00. The Morgan fingerprint density at radius 3 is 2.64 bits per heavy atom. The van der Waals surface area contributed by atoms with Gasteiger partial charge in [-0.25, -0.2) is 0 Å². The van der Waals surface area contributed by atoms with Crippen molar-refractivity contribution in [2.75, 3.05) is 13.2 Å². The first-order valence-electron chi connectivity index (χ1n) is 3.54. The summed E-state index contributed by atoms with van der Waals surface area (Å²) in [5.41, 5.74) is -0.854. The molecule has 2 N–H and O–H groups in total. The van der Waals surface area contributed by atoms with E-state index < -0.39 is 23.8 Å². The molecule has 2 aliphatic heterocycles. The topological polar surface area (TPSA) is 58.9 Å². The molecule has 5 heteroatoms. The average Bonchev–Trinajstić information content (AvgIpc) is 2.10. The molecule has 0 saturated carbocycles. The number of ether oxygens (including phenoxy) is 2. The Balaban J connectivity index is 2.12. The predicted molar refractivity (Wildman–Crippen MR) is 36.2 cm³/mol. The summed E-state index contributed by atoms with van der Waals surface area (Å²) < 4.78 is 10.2. The molecule has 2 aliphatic rings.